The van der Waals surface area contributed by atoms with Crippen molar-refractivity contribution in [1.82, 2.24) is 15.6 Å². The van der Waals surface area contributed by atoms with Crippen LogP contribution in [0.4, 0.5) is 0 Å². The number of aromatic nitrogens is 1. The minimum atomic E-state index is 0.0132. The Labute approximate surface area is 124 Å². The van der Waals surface area contributed by atoms with Gasteiger partial charge in [0.05, 0.1) is 6.42 Å². The van der Waals surface area contributed by atoms with Gasteiger partial charge in [-0.3, -0.25) is 14.6 Å². The van der Waals surface area contributed by atoms with Crippen LogP contribution in [0.2, 0.25) is 0 Å². The van der Waals surface area contributed by atoms with Gasteiger partial charge in [0.2, 0.25) is 11.8 Å². The fourth-order valence-corrected chi connectivity index (χ4v) is 3.41. The predicted molar refractivity (Wildman–Crippen MR) is 78.4 cm³/mol. The molecule has 1 saturated heterocycles. The van der Waals surface area contributed by atoms with E-state index < -0.39 is 0 Å². The summed E-state index contributed by atoms with van der Waals surface area (Å²) in [6.07, 6.45) is 7.44. The van der Waals surface area contributed by atoms with E-state index in [9.17, 15) is 9.59 Å². The van der Waals surface area contributed by atoms with Crippen LogP contribution in [0.5, 0.6) is 0 Å². The minimum absolute atomic E-state index is 0.0132. The van der Waals surface area contributed by atoms with Crippen molar-refractivity contribution < 1.29 is 9.59 Å². The standard InChI is InChI=1S/C16H21N3O2/c20-14-6-9-16(19-14)7-4-12(5-8-16)18-15(21)11-13-3-1-2-10-17-13/h1-3,10,12H,4-9,11H2,(H,18,21)(H,19,20). The van der Waals surface area contributed by atoms with Gasteiger partial charge in [-0.25, -0.2) is 0 Å². The lowest BCUT2D eigenvalue weighted by Gasteiger charge is -2.37. The Kier molecular flexibility index (Phi) is 3.90. The molecule has 0 atom stereocenters. The first-order chi connectivity index (χ1) is 10.2. The third-order valence-electron chi connectivity index (χ3n) is 4.61. The van der Waals surface area contributed by atoms with Crippen LogP contribution in [-0.2, 0) is 16.0 Å². The SMILES string of the molecule is O=C(Cc1ccccn1)NC1CCC2(CCC(=O)N2)CC1. The summed E-state index contributed by atoms with van der Waals surface area (Å²) in [6, 6.07) is 5.83. The second kappa shape index (κ2) is 5.84. The Bertz CT molecular complexity index is 522. The molecule has 1 saturated carbocycles. The molecule has 2 heterocycles. The number of nitrogens with one attached hydrogen (secondary N) is 2. The number of hydrogen-bond donors (Lipinski definition) is 2. The van der Waals surface area contributed by atoms with E-state index in [-0.39, 0.29) is 23.4 Å². The Morgan fingerprint density at radius 3 is 2.76 bits per heavy atom. The molecule has 21 heavy (non-hydrogen) atoms. The van der Waals surface area contributed by atoms with E-state index in [0.29, 0.717) is 12.8 Å². The van der Waals surface area contributed by atoms with Crippen molar-refractivity contribution in [2.45, 2.75) is 56.5 Å². The molecule has 2 amide bonds. The van der Waals surface area contributed by atoms with E-state index in [1.165, 1.54) is 0 Å². The Hall–Kier alpha value is -1.91. The Balaban J connectivity index is 1.47. The summed E-state index contributed by atoms with van der Waals surface area (Å²) in [4.78, 5) is 27.6. The lowest BCUT2D eigenvalue weighted by Crippen LogP contribution is -2.49. The number of pyridine rings is 1. The monoisotopic (exact) mass is 287 g/mol. The predicted octanol–water partition coefficient (Wildman–Crippen LogP) is 1.33. The van der Waals surface area contributed by atoms with Gasteiger partial charge in [-0.15, -0.1) is 0 Å². The number of nitrogens with zero attached hydrogens (tertiary/aromatic N) is 1. The van der Waals surface area contributed by atoms with Crippen molar-refractivity contribution >= 4 is 11.8 Å². The molecule has 5 heteroatoms. The second-order valence-corrected chi connectivity index (χ2v) is 6.17. The van der Waals surface area contributed by atoms with Crippen LogP contribution < -0.4 is 10.6 Å². The molecule has 0 unspecified atom stereocenters. The molecule has 1 spiro atoms. The smallest absolute Gasteiger partial charge is 0.226 e. The van der Waals surface area contributed by atoms with Crippen molar-refractivity contribution in [2.24, 2.45) is 0 Å². The molecule has 0 radical (unpaired) electrons. The molecule has 1 aromatic rings. The van der Waals surface area contributed by atoms with E-state index in [1.54, 1.807) is 6.20 Å². The molecule has 112 valence electrons. The minimum Gasteiger partial charge on any atom is -0.353 e. The molecule has 5 nitrogen and oxygen atoms in total. The summed E-state index contributed by atoms with van der Waals surface area (Å²) in [5, 5.41) is 6.21. The lowest BCUT2D eigenvalue weighted by molar-refractivity contribution is -0.122. The van der Waals surface area contributed by atoms with Gasteiger partial charge in [0.1, 0.15) is 0 Å². The first-order valence-electron chi connectivity index (χ1n) is 7.66. The highest BCUT2D eigenvalue weighted by Crippen LogP contribution is 2.35. The van der Waals surface area contributed by atoms with Crippen LogP contribution in [0.15, 0.2) is 24.4 Å². The summed E-state index contributed by atoms with van der Waals surface area (Å²) < 4.78 is 0. The highest BCUT2D eigenvalue weighted by molar-refractivity contribution is 5.79. The molecule has 1 aliphatic carbocycles. The molecular weight excluding hydrogens is 266 g/mol. The molecule has 0 aromatic carbocycles. The zero-order valence-electron chi connectivity index (χ0n) is 12.1. The van der Waals surface area contributed by atoms with Crippen LogP contribution in [0.25, 0.3) is 0 Å². The lowest BCUT2D eigenvalue weighted by atomic mass is 9.78. The summed E-state index contributed by atoms with van der Waals surface area (Å²) in [6.45, 7) is 0. The Morgan fingerprint density at radius 1 is 1.33 bits per heavy atom. The average molecular weight is 287 g/mol. The van der Waals surface area contributed by atoms with Crippen LogP contribution in [0.1, 0.15) is 44.2 Å². The fraction of sp³-hybridized carbons (Fsp3) is 0.562. The van der Waals surface area contributed by atoms with Gasteiger partial charge in [-0.2, -0.15) is 0 Å². The fourth-order valence-electron chi connectivity index (χ4n) is 3.41. The van der Waals surface area contributed by atoms with E-state index in [2.05, 4.69) is 15.6 Å². The third-order valence-corrected chi connectivity index (χ3v) is 4.61. The zero-order chi connectivity index (χ0) is 14.7. The number of hydrogen-bond acceptors (Lipinski definition) is 3. The molecule has 3 rings (SSSR count). The van der Waals surface area contributed by atoms with E-state index in [0.717, 1.165) is 37.8 Å². The molecule has 2 N–H and O–H groups in total. The summed E-state index contributed by atoms with van der Waals surface area (Å²) in [5.41, 5.74) is 0.810. The number of rotatable bonds is 3. The van der Waals surface area contributed by atoms with E-state index >= 15 is 0 Å². The highest BCUT2D eigenvalue weighted by atomic mass is 16.2. The van der Waals surface area contributed by atoms with Crippen LogP contribution >= 0.6 is 0 Å². The van der Waals surface area contributed by atoms with E-state index in [4.69, 9.17) is 0 Å². The molecule has 2 aliphatic rings. The van der Waals surface area contributed by atoms with Crippen molar-refractivity contribution in [3.8, 4) is 0 Å². The van der Waals surface area contributed by atoms with Gasteiger partial charge >= 0.3 is 0 Å². The van der Waals surface area contributed by atoms with Gasteiger partial charge in [0.25, 0.3) is 0 Å². The van der Waals surface area contributed by atoms with Gasteiger partial charge in [0.15, 0.2) is 0 Å². The molecule has 1 aliphatic heterocycles. The van der Waals surface area contributed by atoms with Gasteiger partial charge in [-0.1, -0.05) is 6.07 Å². The topological polar surface area (TPSA) is 71.1 Å². The number of amides is 2. The number of carbonyl (C=O) groups is 2. The van der Waals surface area contributed by atoms with E-state index in [1.807, 2.05) is 18.2 Å². The molecule has 2 fully saturated rings. The van der Waals surface area contributed by atoms with Crippen molar-refractivity contribution in [1.29, 1.82) is 0 Å². The normalized spacial score (nSPS) is 28.4. The third kappa shape index (κ3) is 3.40. The number of carbonyl (C=O) groups excluding carboxylic acids is 2. The summed E-state index contributed by atoms with van der Waals surface area (Å²) in [7, 11) is 0. The quantitative estimate of drug-likeness (QED) is 0.881. The second-order valence-electron chi connectivity index (χ2n) is 6.17. The zero-order valence-corrected chi connectivity index (χ0v) is 12.1. The first-order valence-corrected chi connectivity index (χ1v) is 7.66. The maximum Gasteiger partial charge on any atom is 0.226 e. The van der Waals surface area contributed by atoms with Gasteiger partial charge in [-0.05, 0) is 44.2 Å². The van der Waals surface area contributed by atoms with Crippen molar-refractivity contribution in [3.05, 3.63) is 30.1 Å². The first kappa shape index (κ1) is 14.0. The molecular formula is C16H21N3O2. The maximum absolute atomic E-state index is 12.0. The Morgan fingerprint density at radius 2 is 2.14 bits per heavy atom. The average Bonchev–Trinajstić information content (AvgIpc) is 2.84. The maximum atomic E-state index is 12.0. The largest absolute Gasteiger partial charge is 0.353 e. The van der Waals surface area contributed by atoms with Gasteiger partial charge in [0, 0.05) is 29.9 Å². The van der Waals surface area contributed by atoms with Crippen LogP contribution in [-0.4, -0.2) is 28.4 Å². The molecule has 1 aromatic heterocycles. The van der Waals surface area contributed by atoms with Gasteiger partial charge < -0.3 is 10.6 Å². The van der Waals surface area contributed by atoms with Crippen LogP contribution in [0, 0.1) is 0 Å². The van der Waals surface area contributed by atoms with Crippen LogP contribution in [0.3, 0.4) is 0 Å². The summed E-state index contributed by atoms with van der Waals surface area (Å²) >= 11 is 0. The van der Waals surface area contributed by atoms with Crippen molar-refractivity contribution in [2.75, 3.05) is 0 Å². The summed E-state index contributed by atoms with van der Waals surface area (Å²) in [5.74, 6) is 0.206. The molecule has 0 bridgehead atoms. The highest BCUT2D eigenvalue weighted by Gasteiger charge is 2.40. The van der Waals surface area contributed by atoms with Crippen molar-refractivity contribution in [3.63, 3.8) is 0 Å².